The zero-order valence-corrected chi connectivity index (χ0v) is 13.5. The van der Waals surface area contributed by atoms with Crippen molar-refractivity contribution in [1.29, 1.82) is 0 Å². The maximum atomic E-state index is 4.97. The van der Waals surface area contributed by atoms with Gasteiger partial charge < -0.3 is 15.4 Å². The maximum absolute atomic E-state index is 4.97. The molecule has 0 radical (unpaired) electrons. The molecule has 0 atom stereocenters. The van der Waals surface area contributed by atoms with Crippen LogP contribution < -0.4 is 15.4 Å². The highest BCUT2D eigenvalue weighted by Crippen LogP contribution is 2.09. The summed E-state index contributed by atoms with van der Waals surface area (Å²) in [6.07, 6.45) is 0. The summed E-state index contributed by atoms with van der Waals surface area (Å²) in [5.74, 6) is 0.917. The van der Waals surface area contributed by atoms with Crippen molar-refractivity contribution in [3.8, 4) is 5.75 Å². The number of hydrogen-bond acceptors (Lipinski definition) is 3. The van der Waals surface area contributed by atoms with Crippen molar-refractivity contribution in [2.45, 2.75) is 20.8 Å². The van der Waals surface area contributed by atoms with E-state index in [0.29, 0.717) is 0 Å². The van der Waals surface area contributed by atoms with Crippen LogP contribution in [0.4, 0.5) is 0 Å². The van der Waals surface area contributed by atoms with Gasteiger partial charge in [-0.05, 0) is 33.2 Å². The summed E-state index contributed by atoms with van der Waals surface area (Å²) in [5, 5.41) is 6.01. The number of rotatable bonds is 4. The first kappa shape index (κ1) is 22.8. The molecule has 19 heavy (non-hydrogen) atoms. The van der Waals surface area contributed by atoms with Crippen molar-refractivity contribution in [3.63, 3.8) is 0 Å². The van der Waals surface area contributed by atoms with E-state index in [9.17, 15) is 0 Å². The van der Waals surface area contributed by atoms with E-state index >= 15 is 0 Å². The van der Waals surface area contributed by atoms with E-state index in [2.05, 4.69) is 30.7 Å². The quantitative estimate of drug-likeness (QED) is 0.649. The zero-order valence-electron chi connectivity index (χ0n) is 13.5. The van der Waals surface area contributed by atoms with Gasteiger partial charge in [-0.3, -0.25) is 0 Å². The molecule has 3 heteroatoms. The van der Waals surface area contributed by atoms with Crippen LogP contribution in [-0.2, 0) is 0 Å². The summed E-state index contributed by atoms with van der Waals surface area (Å²) in [6, 6.07) is 7.96. The number of benzene rings is 1. The van der Waals surface area contributed by atoms with E-state index in [-0.39, 0.29) is 0 Å². The molecule has 1 aromatic carbocycles. The molecule has 3 nitrogen and oxygen atoms in total. The third kappa shape index (κ3) is 19.2. The third-order valence-corrected chi connectivity index (χ3v) is 1.88. The predicted octanol–water partition coefficient (Wildman–Crippen LogP) is 3.26. The molecule has 0 heterocycles. The summed E-state index contributed by atoms with van der Waals surface area (Å²) >= 11 is 0. The van der Waals surface area contributed by atoms with Crippen molar-refractivity contribution in [3.05, 3.63) is 43.0 Å². The standard InChI is InChI=1S/C8H10O.C4H12N2.C2H6.C2H4/c1-7-3-5-8(9-2)6-4-7;1-5-3-4-6-2;2*1-2/h3-6H,1-2H3;5-6H,3-4H2,1-2H3;1-2H3;1-2H2. The molecule has 0 aromatic heterocycles. The summed E-state index contributed by atoms with van der Waals surface area (Å²) in [5.41, 5.74) is 1.26. The average Bonchev–Trinajstić information content (AvgIpc) is 2.50. The van der Waals surface area contributed by atoms with Crippen LogP contribution in [0.2, 0.25) is 0 Å². The molecule has 0 bridgehead atoms. The Morgan fingerprint density at radius 1 is 0.947 bits per heavy atom. The lowest BCUT2D eigenvalue weighted by atomic mass is 10.2. The summed E-state index contributed by atoms with van der Waals surface area (Å²) in [7, 11) is 5.55. The molecular formula is C16H32N2O. The van der Waals surface area contributed by atoms with Crippen LogP contribution in [0.15, 0.2) is 37.4 Å². The zero-order chi connectivity index (χ0) is 15.5. The van der Waals surface area contributed by atoms with Gasteiger partial charge in [0.15, 0.2) is 0 Å². The normalized spacial score (nSPS) is 7.68. The summed E-state index contributed by atoms with van der Waals surface area (Å²) in [6.45, 7) is 14.2. The Balaban J connectivity index is -0.000000224. The van der Waals surface area contributed by atoms with Crippen LogP contribution in [0.3, 0.4) is 0 Å². The second-order valence-electron chi connectivity index (χ2n) is 3.22. The molecule has 0 saturated carbocycles. The number of nitrogens with one attached hydrogen (secondary N) is 2. The maximum Gasteiger partial charge on any atom is 0.118 e. The van der Waals surface area contributed by atoms with E-state index in [1.807, 2.05) is 52.2 Å². The molecule has 2 N–H and O–H groups in total. The molecule has 0 unspecified atom stereocenters. The van der Waals surface area contributed by atoms with E-state index in [1.165, 1.54) is 5.56 Å². The van der Waals surface area contributed by atoms with Crippen LogP contribution in [0.25, 0.3) is 0 Å². The largest absolute Gasteiger partial charge is 0.497 e. The molecule has 0 aliphatic carbocycles. The van der Waals surface area contributed by atoms with Crippen molar-refractivity contribution in [2.75, 3.05) is 34.3 Å². The van der Waals surface area contributed by atoms with E-state index in [4.69, 9.17) is 4.74 Å². The molecule has 0 amide bonds. The predicted molar refractivity (Wildman–Crippen MR) is 88.2 cm³/mol. The molecule has 1 aromatic rings. The van der Waals surface area contributed by atoms with Crippen molar-refractivity contribution >= 4 is 0 Å². The van der Waals surface area contributed by atoms with Gasteiger partial charge in [-0.15, -0.1) is 13.2 Å². The van der Waals surface area contributed by atoms with Crippen LogP contribution in [0.1, 0.15) is 19.4 Å². The van der Waals surface area contributed by atoms with Gasteiger partial charge in [0.2, 0.25) is 0 Å². The highest BCUT2D eigenvalue weighted by Gasteiger charge is 1.85. The summed E-state index contributed by atoms with van der Waals surface area (Å²) in [4.78, 5) is 0. The van der Waals surface area contributed by atoms with Crippen molar-refractivity contribution in [2.24, 2.45) is 0 Å². The van der Waals surface area contributed by atoms with Crippen LogP contribution in [0, 0.1) is 6.92 Å². The van der Waals surface area contributed by atoms with Gasteiger partial charge in [-0.2, -0.15) is 0 Å². The number of hydrogen-bond donors (Lipinski definition) is 2. The van der Waals surface area contributed by atoms with Gasteiger partial charge in [0.25, 0.3) is 0 Å². The van der Waals surface area contributed by atoms with Gasteiger partial charge >= 0.3 is 0 Å². The van der Waals surface area contributed by atoms with Crippen LogP contribution in [-0.4, -0.2) is 34.3 Å². The number of aryl methyl sites for hydroxylation is 1. The Morgan fingerprint density at radius 3 is 1.58 bits per heavy atom. The van der Waals surface area contributed by atoms with Gasteiger partial charge in [0.05, 0.1) is 7.11 Å². The average molecular weight is 268 g/mol. The fraction of sp³-hybridized carbons (Fsp3) is 0.500. The third-order valence-electron chi connectivity index (χ3n) is 1.88. The molecule has 0 fully saturated rings. The van der Waals surface area contributed by atoms with E-state index in [1.54, 1.807) is 7.11 Å². The first-order chi connectivity index (χ1) is 9.24. The molecule has 112 valence electrons. The Hall–Kier alpha value is -1.32. The highest BCUT2D eigenvalue weighted by molar-refractivity contribution is 5.25. The van der Waals surface area contributed by atoms with E-state index < -0.39 is 0 Å². The van der Waals surface area contributed by atoms with Gasteiger partial charge in [0.1, 0.15) is 5.75 Å². The monoisotopic (exact) mass is 268 g/mol. The minimum atomic E-state index is 0.917. The Morgan fingerprint density at radius 2 is 1.32 bits per heavy atom. The number of ether oxygens (including phenoxy) is 1. The highest BCUT2D eigenvalue weighted by atomic mass is 16.5. The molecule has 0 spiro atoms. The Bertz CT molecular complexity index is 243. The first-order valence-electron chi connectivity index (χ1n) is 6.64. The lowest BCUT2D eigenvalue weighted by Crippen LogP contribution is -2.21. The Labute approximate surface area is 120 Å². The molecule has 0 aliphatic rings. The first-order valence-corrected chi connectivity index (χ1v) is 6.64. The minimum Gasteiger partial charge on any atom is -0.497 e. The van der Waals surface area contributed by atoms with Gasteiger partial charge in [-0.25, -0.2) is 0 Å². The topological polar surface area (TPSA) is 33.3 Å². The summed E-state index contributed by atoms with van der Waals surface area (Å²) < 4.78 is 4.97. The van der Waals surface area contributed by atoms with E-state index in [0.717, 1.165) is 18.8 Å². The van der Waals surface area contributed by atoms with Crippen LogP contribution >= 0.6 is 0 Å². The fourth-order valence-electron chi connectivity index (χ4n) is 0.924. The smallest absolute Gasteiger partial charge is 0.118 e. The molecular weight excluding hydrogens is 236 g/mol. The second kappa shape index (κ2) is 21.9. The number of methoxy groups -OCH3 is 1. The van der Waals surface area contributed by atoms with Gasteiger partial charge in [0, 0.05) is 13.1 Å². The number of likely N-dealkylation sites (N-methyl/N-ethyl adjacent to an activating group) is 2. The molecule has 1 rings (SSSR count). The SMILES string of the molecule is C=C.CC.CNCCNC.COc1ccc(C)cc1. The molecule has 0 saturated heterocycles. The second-order valence-corrected chi connectivity index (χ2v) is 3.22. The minimum absolute atomic E-state index is 0.917. The van der Waals surface area contributed by atoms with Crippen molar-refractivity contribution < 1.29 is 4.74 Å². The lowest BCUT2D eigenvalue weighted by molar-refractivity contribution is 0.414. The fourth-order valence-corrected chi connectivity index (χ4v) is 0.924. The van der Waals surface area contributed by atoms with Crippen molar-refractivity contribution in [1.82, 2.24) is 10.6 Å². The Kier molecular flexibility index (Phi) is 26.3. The van der Waals surface area contributed by atoms with Gasteiger partial charge in [-0.1, -0.05) is 31.5 Å². The lowest BCUT2D eigenvalue weighted by Gasteiger charge is -1.97. The molecule has 0 aliphatic heterocycles. The van der Waals surface area contributed by atoms with Crippen LogP contribution in [0.5, 0.6) is 5.75 Å².